The fraction of sp³-hybridized carbons (Fsp3) is 0.364. The maximum atomic E-state index is 13.5. The van der Waals surface area contributed by atoms with Crippen LogP contribution in [0.25, 0.3) is 0 Å². The Kier molecular flexibility index (Phi) is 5.93. The first-order valence-corrected chi connectivity index (χ1v) is 10.2. The van der Waals surface area contributed by atoms with Crippen LogP contribution >= 0.6 is 0 Å². The molecular weight excluding hydrogens is 423 g/mol. The maximum absolute atomic E-state index is 13.5. The summed E-state index contributed by atoms with van der Waals surface area (Å²) in [5.41, 5.74) is -0.867. The van der Waals surface area contributed by atoms with E-state index in [0.29, 0.717) is 37.6 Å². The molecule has 1 saturated carbocycles. The molecule has 1 heterocycles. The van der Waals surface area contributed by atoms with Crippen molar-refractivity contribution in [3.63, 3.8) is 0 Å². The van der Waals surface area contributed by atoms with Gasteiger partial charge < -0.3 is 19.5 Å². The number of amides is 1. The third-order valence-electron chi connectivity index (χ3n) is 5.70. The summed E-state index contributed by atoms with van der Waals surface area (Å²) < 4.78 is 30.0. The van der Waals surface area contributed by atoms with Crippen LogP contribution in [-0.2, 0) is 19.7 Å². The highest BCUT2D eigenvalue weighted by Gasteiger charge is 2.45. The van der Waals surface area contributed by atoms with Crippen LogP contribution < -0.4 is 14.8 Å². The second-order valence-corrected chi connectivity index (χ2v) is 7.70. The van der Waals surface area contributed by atoms with Crippen molar-refractivity contribution in [1.29, 1.82) is 0 Å². The summed E-state index contributed by atoms with van der Waals surface area (Å²) >= 11 is 0. The van der Waals surface area contributed by atoms with Gasteiger partial charge >= 0.3 is 11.7 Å². The molecule has 0 bridgehead atoms. The highest BCUT2D eigenvalue weighted by Crippen LogP contribution is 2.45. The fourth-order valence-corrected chi connectivity index (χ4v) is 4.13. The van der Waals surface area contributed by atoms with E-state index in [1.54, 1.807) is 12.1 Å². The molecule has 1 amide bonds. The molecule has 0 spiro atoms. The molecule has 2 aromatic rings. The monoisotopic (exact) mass is 444 g/mol. The zero-order valence-corrected chi connectivity index (χ0v) is 17.1. The molecule has 1 N–H and O–H groups in total. The van der Waals surface area contributed by atoms with E-state index in [1.807, 2.05) is 6.07 Å². The third-order valence-corrected chi connectivity index (χ3v) is 5.70. The van der Waals surface area contributed by atoms with Gasteiger partial charge in [0.05, 0.1) is 10.3 Å². The van der Waals surface area contributed by atoms with E-state index >= 15 is 0 Å². The molecule has 9 nitrogen and oxygen atoms in total. The summed E-state index contributed by atoms with van der Waals surface area (Å²) in [5, 5.41) is 13.2. The second-order valence-electron chi connectivity index (χ2n) is 7.70. The molecule has 1 fully saturated rings. The molecule has 2 aliphatic rings. The van der Waals surface area contributed by atoms with Crippen LogP contribution in [-0.4, -0.2) is 36.6 Å². The zero-order chi connectivity index (χ0) is 22.7. The number of halogens is 1. The lowest BCUT2D eigenvalue weighted by atomic mass is 9.78. The number of hydrogen-bond acceptors (Lipinski definition) is 7. The number of ether oxygens (including phenoxy) is 3. The molecule has 4 rings (SSSR count). The van der Waals surface area contributed by atoms with Crippen LogP contribution in [0.4, 0.5) is 15.8 Å². The molecule has 168 valence electrons. The first-order chi connectivity index (χ1) is 15.4. The van der Waals surface area contributed by atoms with Crippen molar-refractivity contribution in [1.82, 2.24) is 0 Å². The Morgan fingerprint density at radius 3 is 2.53 bits per heavy atom. The first kappa shape index (κ1) is 21.5. The van der Waals surface area contributed by atoms with Gasteiger partial charge in [0.15, 0.2) is 18.1 Å². The smallest absolute Gasteiger partial charge is 0.317 e. The van der Waals surface area contributed by atoms with Gasteiger partial charge in [0.25, 0.3) is 5.91 Å². The number of carbonyl (C=O) groups is 2. The minimum absolute atomic E-state index is 0.0292. The Labute approximate surface area is 182 Å². The number of anilines is 1. The van der Waals surface area contributed by atoms with E-state index in [4.69, 9.17) is 14.2 Å². The van der Waals surface area contributed by atoms with Gasteiger partial charge in [0, 0.05) is 11.8 Å². The average molecular weight is 444 g/mol. The highest BCUT2D eigenvalue weighted by atomic mass is 19.1. The van der Waals surface area contributed by atoms with Crippen LogP contribution in [0, 0.1) is 15.9 Å². The predicted molar refractivity (Wildman–Crippen MR) is 110 cm³/mol. The van der Waals surface area contributed by atoms with E-state index in [2.05, 4.69) is 5.32 Å². The van der Waals surface area contributed by atoms with Crippen molar-refractivity contribution in [2.45, 2.75) is 31.1 Å². The van der Waals surface area contributed by atoms with Crippen molar-refractivity contribution in [3.8, 4) is 11.5 Å². The van der Waals surface area contributed by atoms with Crippen LogP contribution in [0.1, 0.15) is 31.2 Å². The van der Waals surface area contributed by atoms with E-state index in [-0.39, 0.29) is 5.69 Å². The number of fused-ring (bicyclic) bond motifs is 1. The van der Waals surface area contributed by atoms with Gasteiger partial charge in [-0.15, -0.1) is 0 Å². The van der Waals surface area contributed by atoms with E-state index in [9.17, 15) is 24.1 Å². The number of nitro benzene ring substituents is 1. The molecule has 0 saturated heterocycles. The predicted octanol–water partition coefficient (Wildman–Crippen LogP) is 3.50. The van der Waals surface area contributed by atoms with Gasteiger partial charge in [-0.05, 0) is 42.7 Å². The standard InChI is InChI=1S/C22H21FN2O7/c23-16-5-4-15(12-17(16)25(28)29)24-20(26)13-32-21(27)22(7-1-2-8-22)14-3-6-18-19(11-14)31-10-9-30-18/h3-6,11-12H,1-2,7-10,13H2,(H,24,26). The van der Waals surface area contributed by atoms with Gasteiger partial charge in [-0.3, -0.25) is 19.7 Å². The molecule has 0 atom stereocenters. The lowest BCUT2D eigenvalue weighted by molar-refractivity contribution is -0.387. The largest absolute Gasteiger partial charge is 0.486 e. The Balaban J connectivity index is 1.44. The van der Waals surface area contributed by atoms with E-state index in [0.717, 1.165) is 30.5 Å². The second kappa shape index (κ2) is 8.81. The minimum atomic E-state index is -1.01. The Morgan fingerprint density at radius 1 is 1.09 bits per heavy atom. The lowest BCUT2D eigenvalue weighted by Gasteiger charge is -2.28. The Bertz CT molecular complexity index is 1070. The molecule has 10 heteroatoms. The number of nitro groups is 1. The number of hydrogen-bond donors (Lipinski definition) is 1. The lowest BCUT2D eigenvalue weighted by Crippen LogP contribution is -2.36. The quantitative estimate of drug-likeness (QED) is 0.412. The normalized spacial score (nSPS) is 16.3. The zero-order valence-electron chi connectivity index (χ0n) is 17.1. The molecule has 2 aromatic carbocycles. The van der Waals surface area contributed by atoms with Crippen molar-refractivity contribution < 1.29 is 33.1 Å². The minimum Gasteiger partial charge on any atom is -0.486 e. The summed E-state index contributed by atoms with van der Waals surface area (Å²) in [7, 11) is 0. The van der Waals surface area contributed by atoms with Gasteiger partial charge in [0.2, 0.25) is 5.82 Å². The maximum Gasteiger partial charge on any atom is 0.317 e. The summed E-state index contributed by atoms with van der Waals surface area (Å²) in [5.74, 6) is -1.03. The summed E-state index contributed by atoms with van der Waals surface area (Å²) in [6.07, 6.45) is 2.85. The number of esters is 1. The Hall–Kier alpha value is -3.69. The van der Waals surface area contributed by atoms with Crippen molar-refractivity contribution in [2.75, 3.05) is 25.1 Å². The SMILES string of the molecule is O=C(COC(=O)C1(c2ccc3c(c2)OCCO3)CCCC1)Nc1ccc(F)c([N+](=O)[O-])c1. The number of nitrogens with one attached hydrogen (secondary N) is 1. The van der Waals surface area contributed by atoms with Crippen molar-refractivity contribution in [3.05, 3.63) is 57.9 Å². The van der Waals surface area contributed by atoms with Crippen LogP contribution in [0.3, 0.4) is 0 Å². The summed E-state index contributed by atoms with van der Waals surface area (Å²) in [6, 6.07) is 8.36. The van der Waals surface area contributed by atoms with E-state index in [1.165, 1.54) is 6.07 Å². The number of carbonyl (C=O) groups excluding carboxylic acids is 2. The van der Waals surface area contributed by atoms with Gasteiger partial charge in [-0.1, -0.05) is 18.9 Å². The number of benzene rings is 2. The van der Waals surface area contributed by atoms with Crippen molar-refractivity contribution >= 4 is 23.3 Å². The molecule has 1 aliphatic heterocycles. The van der Waals surface area contributed by atoms with Gasteiger partial charge in [0.1, 0.15) is 13.2 Å². The summed E-state index contributed by atoms with van der Waals surface area (Å²) in [6.45, 7) is 0.317. The van der Waals surface area contributed by atoms with Gasteiger partial charge in [-0.25, -0.2) is 0 Å². The average Bonchev–Trinajstić information content (AvgIpc) is 3.29. The van der Waals surface area contributed by atoms with E-state index < -0.39 is 40.3 Å². The number of rotatable bonds is 6. The van der Waals surface area contributed by atoms with Crippen LogP contribution in [0.2, 0.25) is 0 Å². The Morgan fingerprint density at radius 2 is 1.81 bits per heavy atom. The van der Waals surface area contributed by atoms with Crippen LogP contribution in [0.5, 0.6) is 11.5 Å². The summed E-state index contributed by atoms with van der Waals surface area (Å²) in [4.78, 5) is 35.3. The fourth-order valence-electron chi connectivity index (χ4n) is 4.13. The molecule has 1 aliphatic carbocycles. The topological polar surface area (TPSA) is 117 Å². The molecule has 0 unspecified atom stereocenters. The van der Waals surface area contributed by atoms with Crippen molar-refractivity contribution in [2.24, 2.45) is 0 Å². The highest BCUT2D eigenvalue weighted by molar-refractivity contribution is 5.94. The molecule has 0 radical (unpaired) electrons. The molecule has 32 heavy (non-hydrogen) atoms. The number of nitrogens with zero attached hydrogens (tertiary/aromatic N) is 1. The van der Waals surface area contributed by atoms with Crippen LogP contribution in [0.15, 0.2) is 36.4 Å². The molecule has 0 aromatic heterocycles. The van der Waals surface area contributed by atoms with Gasteiger partial charge in [-0.2, -0.15) is 4.39 Å². The molecular formula is C22H21FN2O7. The first-order valence-electron chi connectivity index (χ1n) is 10.2. The third kappa shape index (κ3) is 4.20.